The van der Waals surface area contributed by atoms with Crippen molar-refractivity contribution < 1.29 is 9.90 Å². The average Bonchev–Trinajstić information content (AvgIpc) is 2.71. The van der Waals surface area contributed by atoms with Crippen LogP contribution in [0.3, 0.4) is 0 Å². The lowest BCUT2D eigenvalue weighted by Crippen LogP contribution is -2.08. The van der Waals surface area contributed by atoms with Crippen LogP contribution in [0, 0.1) is 32.6 Å². The minimum absolute atomic E-state index is 0.248. The highest BCUT2D eigenvalue weighted by Gasteiger charge is 2.09. The Labute approximate surface area is 191 Å². The number of rotatable bonds is 14. The third kappa shape index (κ3) is 10.8. The van der Waals surface area contributed by atoms with Gasteiger partial charge in [0.1, 0.15) is 0 Å². The Balaban J connectivity index is 2.25. The molecule has 0 heterocycles. The molecule has 1 rings (SSSR count). The number of hydrogen-bond acceptors (Lipinski definition) is 1. The molecule has 1 aromatic rings. The highest BCUT2D eigenvalue weighted by molar-refractivity contribution is 5.69. The fourth-order valence-electron chi connectivity index (χ4n) is 4.00. The van der Waals surface area contributed by atoms with Crippen molar-refractivity contribution in [3.05, 3.63) is 57.7 Å². The molecule has 0 saturated heterocycles. The largest absolute Gasteiger partial charge is 0.481 e. The molecule has 1 aromatic carbocycles. The highest BCUT2D eigenvalue weighted by Crippen LogP contribution is 2.22. The van der Waals surface area contributed by atoms with Gasteiger partial charge in [-0.3, -0.25) is 4.79 Å². The van der Waals surface area contributed by atoms with Gasteiger partial charge in [-0.05, 0) is 121 Å². The Morgan fingerprint density at radius 1 is 0.903 bits per heavy atom. The fraction of sp³-hybridized carbons (Fsp3) is 0.621. The van der Waals surface area contributed by atoms with E-state index in [1.54, 1.807) is 6.92 Å². The van der Waals surface area contributed by atoms with E-state index in [1.165, 1.54) is 65.5 Å². The van der Waals surface area contributed by atoms with Crippen LogP contribution in [0.4, 0.5) is 0 Å². The second kappa shape index (κ2) is 14.3. The quantitative estimate of drug-likeness (QED) is 0.303. The maximum Gasteiger partial charge on any atom is 0.306 e. The number of aliphatic carboxylic acids is 1. The van der Waals surface area contributed by atoms with Crippen molar-refractivity contribution in [1.29, 1.82) is 0 Å². The van der Waals surface area contributed by atoms with Crippen LogP contribution >= 0.6 is 0 Å². The maximum atomic E-state index is 10.9. The summed E-state index contributed by atoms with van der Waals surface area (Å²) in [6.07, 6.45) is 14.6. The zero-order chi connectivity index (χ0) is 23.4. The summed E-state index contributed by atoms with van der Waals surface area (Å²) in [6, 6.07) is 4.58. The predicted octanol–water partition coefficient (Wildman–Crippen LogP) is 8.52. The van der Waals surface area contributed by atoms with Crippen molar-refractivity contribution in [1.82, 2.24) is 0 Å². The van der Waals surface area contributed by atoms with Gasteiger partial charge in [0.05, 0.1) is 5.92 Å². The van der Waals surface area contributed by atoms with Crippen LogP contribution in [-0.2, 0) is 11.2 Å². The molecule has 0 saturated carbocycles. The standard InChI is InChI=1S/C29H46O2/c1-21(11-8-12-22(2)15-10-16-25(5)29(30)31)13-9-14-23(3)17-19-28-20-18-24(4)26(6)27(28)7/h13,15,18,20,23,25H,8-12,14,16-17,19H2,1-7H3,(H,30,31)/b21-13+,22-15+. The van der Waals surface area contributed by atoms with Crippen molar-refractivity contribution in [3.8, 4) is 0 Å². The summed E-state index contributed by atoms with van der Waals surface area (Å²) in [5, 5.41) is 8.94. The summed E-state index contributed by atoms with van der Waals surface area (Å²) in [5.74, 6) is -0.188. The van der Waals surface area contributed by atoms with E-state index in [1.807, 2.05) is 0 Å². The van der Waals surface area contributed by atoms with Gasteiger partial charge in [0.25, 0.3) is 0 Å². The van der Waals surface area contributed by atoms with Gasteiger partial charge in [-0.25, -0.2) is 0 Å². The molecule has 0 fully saturated rings. The number of benzene rings is 1. The Hall–Kier alpha value is -1.83. The molecule has 0 aliphatic heterocycles. The van der Waals surface area contributed by atoms with Gasteiger partial charge in [0, 0.05) is 0 Å². The van der Waals surface area contributed by atoms with Gasteiger partial charge in [-0.1, -0.05) is 49.3 Å². The van der Waals surface area contributed by atoms with E-state index in [4.69, 9.17) is 5.11 Å². The third-order valence-electron chi connectivity index (χ3n) is 6.89. The topological polar surface area (TPSA) is 37.3 Å². The smallest absolute Gasteiger partial charge is 0.306 e. The first kappa shape index (κ1) is 27.2. The Bertz CT molecular complexity index is 754. The molecular formula is C29H46O2. The third-order valence-corrected chi connectivity index (χ3v) is 6.89. The summed E-state index contributed by atoms with van der Waals surface area (Å²) < 4.78 is 0. The Kier molecular flexibility index (Phi) is 12.5. The van der Waals surface area contributed by atoms with Crippen molar-refractivity contribution in [2.75, 3.05) is 0 Å². The van der Waals surface area contributed by atoms with Crippen LogP contribution < -0.4 is 0 Å². The lowest BCUT2D eigenvalue weighted by molar-refractivity contribution is -0.141. The normalized spacial score (nSPS) is 14.5. The number of aryl methyl sites for hydroxylation is 2. The lowest BCUT2D eigenvalue weighted by Gasteiger charge is -2.14. The molecule has 1 N–H and O–H groups in total. The number of carboxylic acids is 1. The summed E-state index contributed by atoms with van der Waals surface area (Å²) >= 11 is 0. The molecule has 0 aromatic heterocycles. The van der Waals surface area contributed by atoms with E-state index >= 15 is 0 Å². The molecule has 2 unspecified atom stereocenters. The molecule has 0 aliphatic carbocycles. The van der Waals surface area contributed by atoms with E-state index in [-0.39, 0.29) is 5.92 Å². The molecule has 2 heteroatoms. The SMILES string of the molecule is C/C(=C\CCC(C)CCc1ccc(C)c(C)c1C)CCC/C(C)=C/CCC(C)C(=O)O. The Morgan fingerprint density at radius 3 is 2.06 bits per heavy atom. The van der Waals surface area contributed by atoms with E-state index in [2.05, 4.69) is 65.8 Å². The second-order valence-electron chi connectivity index (χ2n) is 9.78. The minimum Gasteiger partial charge on any atom is -0.481 e. The zero-order valence-corrected chi connectivity index (χ0v) is 21.2. The van der Waals surface area contributed by atoms with Crippen molar-refractivity contribution >= 4 is 5.97 Å². The molecular weight excluding hydrogens is 380 g/mol. The molecule has 174 valence electrons. The van der Waals surface area contributed by atoms with Crippen LogP contribution in [0.1, 0.15) is 101 Å². The molecule has 2 nitrogen and oxygen atoms in total. The molecule has 0 amide bonds. The first-order valence-electron chi connectivity index (χ1n) is 12.2. The highest BCUT2D eigenvalue weighted by atomic mass is 16.4. The summed E-state index contributed by atoms with van der Waals surface area (Å²) in [4.78, 5) is 10.9. The van der Waals surface area contributed by atoms with Crippen LogP contribution in [0.15, 0.2) is 35.4 Å². The fourth-order valence-corrected chi connectivity index (χ4v) is 4.00. The van der Waals surface area contributed by atoms with Gasteiger partial charge < -0.3 is 5.11 Å². The van der Waals surface area contributed by atoms with Gasteiger partial charge in [0.2, 0.25) is 0 Å². The van der Waals surface area contributed by atoms with Gasteiger partial charge >= 0.3 is 5.97 Å². The molecule has 31 heavy (non-hydrogen) atoms. The Morgan fingerprint density at radius 2 is 1.48 bits per heavy atom. The maximum absolute atomic E-state index is 10.9. The summed E-state index contributed by atoms with van der Waals surface area (Å²) in [6.45, 7) is 15.3. The molecule has 0 spiro atoms. The van der Waals surface area contributed by atoms with Crippen LogP contribution in [0.5, 0.6) is 0 Å². The first-order chi connectivity index (χ1) is 14.6. The number of allylic oxidation sites excluding steroid dienone is 4. The molecule has 0 bridgehead atoms. The first-order valence-corrected chi connectivity index (χ1v) is 12.2. The monoisotopic (exact) mass is 426 g/mol. The van der Waals surface area contributed by atoms with E-state index in [9.17, 15) is 4.79 Å². The number of carboxylic acid groups (broad SMARTS) is 1. The summed E-state index contributed by atoms with van der Waals surface area (Å²) in [7, 11) is 0. The zero-order valence-electron chi connectivity index (χ0n) is 21.2. The molecule has 0 aliphatic rings. The average molecular weight is 427 g/mol. The second-order valence-corrected chi connectivity index (χ2v) is 9.78. The predicted molar refractivity (Wildman–Crippen MR) is 135 cm³/mol. The van der Waals surface area contributed by atoms with Crippen LogP contribution in [0.2, 0.25) is 0 Å². The summed E-state index contributed by atoms with van der Waals surface area (Å²) in [5.41, 5.74) is 8.73. The van der Waals surface area contributed by atoms with Gasteiger partial charge in [-0.2, -0.15) is 0 Å². The van der Waals surface area contributed by atoms with E-state index in [0.717, 1.165) is 31.6 Å². The van der Waals surface area contributed by atoms with Crippen LogP contribution in [0.25, 0.3) is 0 Å². The van der Waals surface area contributed by atoms with Crippen molar-refractivity contribution in [3.63, 3.8) is 0 Å². The van der Waals surface area contributed by atoms with Crippen LogP contribution in [-0.4, -0.2) is 11.1 Å². The van der Waals surface area contributed by atoms with Crippen molar-refractivity contribution in [2.24, 2.45) is 11.8 Å². The number of carbonyl (C=O) groups is 1. The van der Waals surface area contributed by atoms with Gasteiger partial charge in [-0.15, -0.1) is 0 Å². The van der Waals surface area contributed by atoms with E-state index < -0.39 is 5.97 Å². The van der Waals surface area contributed by atoms with Crippen molar-refractivity contribution in [2.45, 2.75) is 106 Å². The molecule has 0 radical (unpaired) electrons. The van der Waals surface area contributed by atoms with Gasteiger partial charge in [0.15, 0.2) is 0 Å². The minimum atomic E-state index is -0.693. The lowest BCUT2D eigenvalue weighted by atomic mass is 9.91. The molecule has 2 atom stereocenters. The van der Waals surface area contributed by atoms with E-state index in [0.29, 0.717) is 0 Å². The number of hydrogen-bond donors (Lipinski definition) is 1.